The van der Waals surface area contributed by atoms with Crippen molar-refractivity contribution in [3.8, 4) is 0 Å². The van der Waals surface area contributed by atoms with Crippen molar-refractivity contribution in [1.82, 2.24) is 15.5 Å². The maximum absolute atomic E-state index is 11.6. The first-order valence-corrected chi connectivity index (χ1v) is 6.07. The van der Waals surface area contributed by atoms with Gasteiger partial charge in [0, 0.05) is 12.5 Å². The largest absolute Gasteiger partial charge is 0.328 e. The molecule has 1 amide bonds. The number of amides is 1. The van der Waals surface area contributed by atoms with E-state index in [2.05, 4.69) is 20.8 Å². The van der Waals surface area contributed by atoms with E-state index in [0.717, 1.165) is 19.4 Å². The van der Waals surface area contributed by atoms with Gasteiger partial charge in [0.15, 0.2) is 5.82 Å². The smallest absolute Gasteiger partial charge is 0.315 e. The van der Waals surface area contributed by atoms with Gasteiger partial charge in [-0.05, 0) is 32.7 Å². The summed E-state index contributed by atoms with van der Waals surface area (Å²) in [5, 5.41) is 9.61. The molecule has 6 heteroatoms. The van der Waals surface area contributed by atoms with Crippen molar-refractivity contribution < 1.29 is 9.32 Å². The number of carbonyl (C=O) groups excluding carboxylic acids is 1. The number of aryl methyl sites for hydroxylation is 1. The summed E-state index contributed by atoms with van der Waals surface area (Å²) >= 11 is 0. The van der Waals surface area contributed by atoms with Gasteiger partial charge in [-0.2, -0.15) is 4.98 Å². The second-order valence-corrected chi connectivity index (χ2v) is 4.38. The monoisotopic (exact) mass is 238 g/mol. The van der Waals surface area contributed by atoms with Crippen LogP contribution >= 0.6 is 0 Å². The van der Waals surface area contributed by atoms with Gasteiger partial charge in [0.05, 0.1) is 0 Å². The van der Waals surface area contributed by atoms with Gasteiger partial charge in [0.2, 0.25) is 5.91 Å². The topological polar surface area (TPSA) is 80.0 Å². The van der Waals surface area contributed by atoms with Gasteiger partial charge in [-0.25, -0.2) is 0 Å². The molecule has 0 radical (unpaired) electrons. The van der Waals surface area contributed by atoms with Crippen LogP contribution in [-0.2, 0) is 4.79 Å². The molecule has 0 saturated carbocycles. The van der Waals surface area contributed by atoms with Gasteiger partial charge in [0.1, 0.15) is 0 Å². The summed E-state index contributed by atoms with van der Waals surface area (Å²) in [4.78, 5) is 15.5. The van der Waals surface area contributed by atoms with E-state index in [1.165, 1.54) is 12.8 Å². The Morgan fingerprint density at radius 3 is 3.12 bits per heavy atom. The molecule has 6 nitrogen and oxygen atoms in total. The van der Waals surface area contributed by atoms with E-state index in [9.17, 15) is 4.79 Å². The zero-order valence-corrected chi connectivity index (χ0v) is 10.0. The lowest BCUT2D eigenvalue weighted by Gasteiger charge is -2.22. The quantitative estimate of drug-likeness (QED) is 0.825. The second kappa shape index (κ2) is 5.77. The van der Waals surface area contributed by atoms with Gasteiger partial charge >= 0.3 is 6.01 Å². The minimum atomic E-state index is -0.0685. The van der Waals surface area contributed by atoms with E-state index in [4.69, 9.17) is 4.52 Å². The molecule has 1 atom stereocenters. The molecule has 1 saturated heterocycles. The minimum Gasteiger partial charge on any atom is -0.315 e. The molecular weight excluding hydrogens is 220 g/mol. The number of hydrogen-bond donors (Lipinski definition) is 2. The van der Waals surface area contributed by atoms with Crippen LogP contribution in [0, 0.1) is 6.92 Å². The Hall–Kier alpha value is -1.43. The number of carbonyl (C=O) groups is 1. The summed E-state index contributed by atoms with van der Waals surface area (Å²) in [6, 6.07) is 0.656. The van der Waals surface area contributed by atoms with Crippen molar-refractivity contribution in [2.75, 3.05) is 11.9 Å². The zero-order valence-electron chi connectivity index (χ0n) is 10.0. The zero-order chi connectivity index (χ0) is 12.1. The lowest BCUT2D eigenvalue weighted by Crippen LogP contribution is -2.34. The molecule has 2 N–H and O–H groups in total. The van der Waals surface area contributed by atoms with Crippen LogP contribution < -0.4 is 10.6 Å². The highest BCUT2D eigenvalue weighted by Gasteiger charge is 2.15. The Labute approximate surface area is 100 Å². The van der Waals surface area contributed by atoms with E-state index < -0.39 is 0 Å². The van der Waals surface area contributed by atoms with Crippen LogP contribution in [0.3, 0.4) is 0 Å². The third-order valence-electron chi connectivity index (χ3n) is 2.91. The van der Waals surface area contributed by atoms with E-state index in [1.54, 1.807) is 6.92 Å². The van der Waals surface area contributed by atoms with Gasteiger partial charge < -0.3 is 9.84 Å². The van der Waals surface area contributed by atoms with Crippen molar-refractivity contribution in [3.05, 3.63) is 5.82 Å². The van der Waals surface area contributed by atoms with Crippen LogP contribution in [0.2, 0.25) is 0 Å². The Balaban J connectivity index is 1.70. The van der Waals surface area contributed by atoms with Crippen molar-refractivity contribution >= 4 is 11.9 Å². The molecule has 94 valence electrons. The molecule has 1 aliphatic heterocycles. The lowest BCUT2D eigenvalue weighted by molar-refractivity contribution is -0.116. The molecule has 0 bridgehead atoms. The number of nitrogens with zero attached hydrogens (tertiary/aromatic N) is 2. The van der Waals surface area contributed by atoms with Crippen LogP contribution in [0.25, 0.3) is 0 Å². The van der Waals surface area contributed by atoms with E-state index in [-0.39, 0.29) is 11.9 Å². The molecule has 1 aromatic rings. The molecular formula is C11H18N4O2. The number of piperidine rings is 1. The summed E-state index contributed by atoms with van der Waals surface area (Å²) in [5.74, 6) is 0.454. The molecule has 0 spiro atoms. The fourth-order valence-corrected chi connectivity index (χ4v) is 2.01. The summed E-state index contributed by atoms with van der Waals surface area (Å²) in [6.45, 7) is 2.78. The third kappa shape index (κ3) is 3.81. The van der Waals surface area contributed by atoms with Crippen molar-refractivity contribution in [2.24, 2.45) is 0 Å². The van der Waals surface area contributed by atoms with Crippen LogP contribution in [0.1, 0.15) is 37.9 Å². The molecule has 0 aromatic carbocycles. The Kier molecular flexibility index (Phi) is 4.08. The maximum Gasteiger partial charge on any atom is 0.328 e. The normalized spacial score (nSPS) is 20.2. The first-order valence-electron chi connectivity index (χ1n) is 6.07. The van der Waals surface area contributed by atoms with Gasteiger partial charge in [-0.1, -0.05) is 11.6 Å². The molecule has 2 rings (SSSR count). The number of anilines is 1. The van der Waals surface area contributed by atoms with E-state index in [0.29, 0.717) is 18.3 Å². The predicted molar refractivity (Wildman–Crippen MR) is 62.5 cm³/mol. The van der Waals surface area contributed by atoms with Crippen LogP contribution in [0.4, 0.5) is 6.01 Å². The predicted octanol–water partition coefficient (Wildman–Crippen LogP) is 1.24. The van der Waals surface area contributed by atoms with Crippen molar-refractivity contribution in [2.45, 2.75) is 45.1 Å². The molecule has 1 unspecified atom stereocenters. The highest BCUT2D eigenvalue weighted by atomic mass is 16.5. The molecule has 1 fully saturated rings. The number of aromatic nitrogens is 2. The fraction of sp³-hybridized carbons (Fsp3) is 0.727. The van der Waals surface area contributed by atoms with Crippen LogP contribution in [0.15, 0.2) is 4.52 Å². The number of rotatable bonds is 4. The van der Waals surface area contributed by atoms with E-state index >= 15 is 0 Å². The number of hydrogen-bond acceptors (Lipinski definition) is 5. The first kappa shape index (κ1) is 12.0. The fourth-order valence-electron chi connectivity index (χ4n) is 2.01. The average molecular weight is 238 g/mol. The van der Waals surface area contributed by atoms with Gasteiger partial charge in [-0.3, -0.25) is 10.1 Å². The summed E-state index contributed by atoms with van der Waals surface area (Å²) < 4.78 is 4.82. The van der Waals surface area contributed by atoms with Crippen LogP contribution in [0.5, 0.6) is 0 Å². The minimum absolute atomic E-state index is 0.0685. The summed E-state index contributed by atoms with van der Waals surface area (Å²) in [6.07, 6.45) is 5.00. The number of nitrogens with one attached hydrogen (secondary N) is 2. The van der Waals surface area contributed by atoms with Crippen molar-refractivity contribution in [1.29, 1.82) is 0 Å². The Morgan fingerprint density at radius 1 is 1.59 bits per heavy atom. The molecule has 1 aromatic heterocycles. The highest BCUT2D eigenvalue weighted by Crippen LogP contribution is 2.12. The average Bonchev–Trinajstić information content (AvgIpc) is 2.73. The highest BCUT2D eigenvalue weighted by molar-refractivity contribution is 5.88. The summed E-state index contributed by atoms with van der Waals surface area (Å²) in [5.41, 5.74) is 0. The Morgan fingerprint density at radius 2 is 2.47 bits per heavy atom. The second-order valence-electron chi connectivity index (χ2n) is 4.38. The molecule has 2 heterocycles. The third-order valence-corrected chi connectivity index (χ3v) is 2.91. The lowest BCUT2D eigenvalue weighted by atomic mass is 10.0. The standard InChI is InChI=1S/C11H18N4O2/c1-8-13-11(17-15-8)14-10(16)6-5-9-4-2-3-7-12-9/h9,12H,2-7H2,1H3,(H,13,14,15,16). The maximum atomic E-state index is 11.6. The molecule has 17 heavy (non-hydrogen) atoms. The van der Waals surface area contributed by atoms with E-state index in [1.807, 2.05) is 0 Å². The van der Waals surface area contributed by atoms with Crippen LogP contribution in [-0.4, -0.2) is 28.6 Å². The SMILES string of the molecule is Cc1noc(NC(=O)CCC2CCCCN2)n1. The molecule has 0 aliphatic carbocycles. The Bertz CT molecular complexity index is 371. The molecule has 1 aliphatic rings. The van der Waals surface area contributed by atoms with Crippen molar-refractivity contribution in [3.63, 3.8) is 0 Å². The summed E-state index contributed by atoms with van der Waals surface area (Å²) in [7, 11) is 0. The van der Waals surface area contributed by atoms with Gasteiger partial charge in [0.25, 0.3) is 0 Å². The van der Waals surface area contributed by atoms with Gasteiger partial charge in [-0.15, -0.1) is 0 Å². The first-order chi connectivity index (χ1) is 8.24.